The third-order valence-corrected chi connectivity index (χ3v) is 17.4. The van der Waals surface area contributed by atoms with E-state index >= 15 is 0 Å². The van der Waals surface area contributed by atoms with E-state index in [1.807, 2.05) is 11.3 Å². The Kier molecular flexibility index (Phi) is 9.72. The van der Waals surface area contributed by atoms with Crippen molar-refractivity contribution < 1.29 is 4.74 Å². The molecule has 0 fully saturated rings. The van der Waals surface area contributed by atoms with Gasteiger partial charge in [0.05, 0.1) is 22.7 Å². The van der Waals surface area contributed by atoms with E-state index in [0.717, 1.165) is 34.2 Å². The van der Waals surface area contributed by atoms with Gasteiger partial charge in [-0.05, 0) is 158 Å². The zero-order chi connectivity index (χ0) is 49.0. The number of thiophene rings is 1. The Labute approximate surface area is 421 Å². The Hall–Kier alpha value is -6.24. The average Bonchev–Trinajstić information content (AvgIpc) is 3.69. The summed E-state index contributed by atoms with van der Waals surface area (Å²) in [7, 11) is 0. The van der Waals surface area contributed by atoms with Crippen molar-refractivity contribution in [1.82, 2.24) is 0 Å². The summed E-state index contributed by atoms with van der Waals surface area (Å²) in [5.74, 6) is 1.69. The van der Waals surface area contributed by atoms with Gasteiger partial charge in [0.15, 0.2) is 11.5 Å². The molecule has 352 valence electrons. The van der Waals surface area contributed by atoms with E-state index in [1.54, 1.807) is 0 Å². The molecular weight excluding hydrogens is 870 g/mol. The first-order chi connectivity index (χ1) is 33.1. The molecule has 1 aromatic heterocycles. The molecule has 4 heterocycles. The van der Waals surface area contributed by atoms with Crippen molar-refractivity contribution in [3.8, 4) is 11.5 Å². The minimum absolute atomic E-state index is 0.0108. The zero-order valence-electron chi connectivity index (χ0n) is 43.4. The molecule has 12 rings (SSSR count). The van der Waals surface area contributed by atoms with Gasteiger partial charge in [-0.2, -0.15) is 0 Å². The number of para-hydroxylation sites is 4. The third-order valence-electron chi connectivity index (χ3n) is 16.2. The molecule has 0 bridgehead atoms. The van der Waals surface area contributed by atoms with Gasteiger partial charge in [0.1, 0.15) is 0 Å². The van der Waals surface area contributed by atoms with Gasteiger partial charge in [0, 0.05) is 43.3 Å². The quantitative estimate of drug-likeness (QED) is 0.164. The lowest BCUT2D eigenvalue weighted by atomic mass is 9.36. The molecule has 0 saturated heterocycles. The topological polar surface area (TPSA) is 19.0 Å². The van der Waals surface area contributed by atoms with Crippen molar-refractivity contribution in [3.63, 3.8) is 0 Å². The first-order valence-electron chi connectivity index (χ1n) is 25.5. The minimum Gasteiger partial charge on any atom is -0.453 e. The average molecular weight is 936 g/mol. The Morgan fingerprint density at radius 1 is 0.471 bits per heavy atom. The van der Waals surface area contributed by atoms with Gasteiger partial charge in [-0.15, -0.1) is 11.3 Å². The molecule has 0 saturated carbocycles. The molecule has 0 amide bonds. The maximum Gasteiger partial charge on any atom is 0.264 e. The van der Waals surface area contributed by atoms with Gasteiger partial charge in [0.25, 0.3) is 6.71 Å². The molecule has 8 aromatic rings. The molecule has 4 aliphatic rings. The molecule has 4 nitrogen and oxygen atoms in total. The second kappa shape index (κ2) is 15.1. The van der Waals surface area contributed by atoms with E-state index in [1.165, 1.54) is 94.9 Å². The number of hydrogen-bond acceptors (Lipinski definition) is 5. The van der Waals surface area contributed by atoms with Crippen LogP contribution in [0.1, 0.15) is 131 Å². The van der Waals surface area contributed by atoms with E-state index in [9.17, 15) is 0 Å². The van der Waals surface area contributed by atoms with Gasteiger partial charge in [-0.1, -0.05) is 151 Å². The van der Waals surface area contributed by atoms with Gasteiger partial charge in [-0.3, -0.25) is 0 Å². The van der Waals surface area contributed by atoms with Gasteiger partial charge in [0.2, 0.25) is 0 Å². The van der Waals surface area contributed by atoms with Crippen molar-refractivity contribution in [3.05, 3.63) is 167 Å². The number of benzene rings is 7. The van der Waals surface area contributed by atoms with Crippen LogP contribution in [0.3, 0.4) is 0 Å². The third kappa shape index (κ3) is 6.90. The van der Waals surface area contributed by atoms with Crippen LogP contribution in [0.5, 0.6) is 11.5 Å². The number of nitrogens with zero attached hydrogens (tertiary/aromatic N) is 3. The Balaban J connectivity index is 1.23. The van der Waals surface area contributed by atoms with Crippen molar-refractivity contribution >= 4 is 95.0 Å². The molecule has 3 aliphatic heterocycles. The monoisotopic (exact) mass is 936 g/mol. The molecule has 0 N–H and O–H groups in total. The Morgan fingerprint density at radius 2 is 0.943 bits per heavy atom. The molecule has 1 aliphatic carbocycles. The summed E-state index contributed by atoms with van der Waals surface area (Å²) in [4.78, 5) is 7.67. The van der Waals surface area contributed by atoms with E-state index in [4.69, 9.17) is 4.74 Å². The Morgan fingerprint density at radius 3 is 1.49 bits per heavy atom. The summed E-state index contributed by atoms with van der Waals surface area (Å²) in [6.07, 6.45) is 2.35. The smallest absolute Gasteiger partial charge is 0.264 e. The number of fused-ring (bicyclic) bond motifs is 9. The lowest BCUT2D eigenvalue weighted by Crippen LogP contribution is -2.60. The van der Waals surface area contributed by atoms with Crippen LogP contribution >= 0.6 is 11.3 Å². The number of ether oxygens (including phenoxy) is 1. The zero-order valence-corrected chi connectivity index (χ0v) is 44.2. The van der Waals surface area contributed by atoms with Gasteiger partial charge >= 0.3 is 0 Å². The summed E-state index contributed by atoms with van der Waals surface area (Å²) in [5.41, 5.74) is 20.2. The molecule has 70 heavy (non-hydrogen) atoms. The fourth-order valence-electron chi connectivity index (χ4n) is 11.9. The SMILES string of the molecule is CC(C)(C)c1ccc(N2c3ccc(C(C)(C)C)cc3B3c4sc5cc6c(cc5c4N(c4ccc(C(C)(C)C)cc4)c4cc(N5c7ccccc7Oc7ccccc75)cc2c43)C(C)(C)CCC6(C)C)cc1. The number of rotatable bonds is 3. The predicted molar refractivity (Wildman–Crippen MR) is 302 cm³/mol. The fourth-order valence-corrected chi connectivity index (χ4v) is 13.2. The maximum absolute atomic E-state index is 6.67. The lowest BCUT2D eigenvalue weighted by molar-refractivity contribution is 0.332. The first kappa shape index (κ1) is 44.9. The second-order valence-corrected chi connectivity index (χ2v) is 26.1. The maximum atomic E-state index is 6.67. The molecule has 0 unspecified atom stereocenters. The normalized spacial score (nSPS) is 16.5. The highest BCUT2D eigenvalue weighted by atomic mass is 32.1. The highest BCUT2D eigenvalue weighted by Gasteiger charge is 2.47. The van der Waals surface area contributed by atoms with Gasteiger partial charge in [-0.25, -0.2) is 0 Å². The molecule has 0 radical (unpaired) electrons. The van der Waals surface area contributed by atoms with Crippen LogP contribution in [0, 0.1) is 0 Å². The van der Waals surface area contributed by atoms with Crippen LogP contribution in [0.4, 0.5) is 51.2 Å². The fraction of sp³-hybridized carbons (Fsp3) is 0.312. The van der Waals surface area contributed by atoms with E-state index in [-0.39, 0.29) is 33.8 Å². The molecular formula is C64H66BN3OS. The second-order valence-electron chi connectivity index (χ2n) is 25.0. The van der Waals surface area contributed by atoms with Crippen molar-refractivity contribution in [2.75, 3.05) is 14.7 Å². The molecule has 0 atom stereocenters. The van der Waals surface area contributed by atoms with Crippen molar-refractivity contribution in [2.45, 2.75) is 130 Å². The summed E-state index contributed by atoms with van der Waals surface area (Å²) in [6.45, 7) is 30.8. The standard InChI is InChI=1S/C64H66BN3OS/c1-60(2,3)39-22-27-42(28-23-39)66-49-31-26-41(62(7,8)9)34-48(49)65-57-52(66)35-44(67-50-18-14-16-20-54(50)69-55-21-17-15-19-51(55)67)36-53(57)68(43-29-24-40(25-30-43)61(4,5)6)58-45-37-46-47(38-56(45)70-59(58)65)64(12,13)33-32-63(46,10)11/h14-31,34-38H,32-33H2,1-13H3. The number of hydrogen-bond donors (Lipinski definition) is 0. The summed E-state index contributed by atoms with van der Waals surface area (Å²) in [5, 5.41) is 1.35. The Bertz CT molecular complexity index is 3390. The first-order valence-corrected chi connectivity index (χ1v) is 26.3. The minimum atomic E-state index is -0.0486. The van der Waals surface area contributed by atoms with Crippen LogP contribution in [0.15, 0.2) is 140 Å². The van der Waals surface area contributed by atoms with Crippen LogP contribution in [-0.4, -0.2) is 6.71 Å². The van der Waals surface area contributed by atoms with Crippen LogP contribution in [-0.2, 0) is 27.1 Å². The molecule has 7 aromatic carbocycles. The highest BCUT2D eigenvalue weighted by Crippen LogP contribution is 2.56. The lowest BCUT2D eigenvalue weighted by Gasteiger charge is -2.45. The summed E-state index contributed by atoms with van der Waals surface area (Å²) < 4.78 is 9.44. The largest absolute Gasteiger partial charge is 0.453 e. The van der Waals surface area contributed by atoms with E-state index in [2.05, 4.69) is 244 Å². The highest BCUT2D eigenvalue weighted by molar-refractivity contribution is 7.33. The predicted octanol–water partition coefficient (Wildman–Crippen LogP) is 16.8. The van der Waals surface area contributed by atoms with Crippen LogP contribution < -0.4 is 35.1 Å². The van der Waals surface area contributed by atoms with Crippen LogP contribution in [0.2, 0.25) is 0 Å². The van der Waals surface area contributed by atoms with Gasteiger partial charge < -0.3 is 19.4 Å². The summed E-state index contributed by atoms with van der Waals surface area (Å²) >= 11 is 2.02. The van der Waals surface area contributed by atoms with E-state index < -0.39 is 0 Å². The van der Waals surface area contributed by atoms with E-state index in [0.29, 0.717) is 0 Å². The van der Waals surface area contributed by atoms with Crippen molar-refractivity contribution in [1.29, 1.82) is 0 Å². The molecule has 6 heteroatoms. The van der Waals surface area contributed by atoms with Crippen LogP contribution in [0.25, 0.3) is 10.1 Å². The number of anilines is 9. The molecule has 0 spiro atoms. The van der Waals surface area contributed by atoms with Crippen molar-refractivity contribution in [2.24, 2.45) is 0 Å². The summed E-state index contributed by atoms with van der Waals surface area (Å²) in [6, 6.07) is 53.5.